The third kappa shape index (κ3) is 0.655. The molecule has 0 aromatic carbocycles. The van der Waals surface area contributed by atoms with Crippen molar-refractivity contribution in [1.82, 2.24) is 0 Å². The van der Waals surface area contributed by atoms with E-state index < -0.39 is 0 Å². The van der Waals surface area contributed by atoms with Crippen LogP contribution in [0.3, 0.4) is 0 Å². The summed E-state index contributed by atoms with van der Waals surface area (Å²) in [4.78, 5) is 0. The molecule has 1 nitrogen and oxygen atoms in total. The fourth-order valence-corrected chi connectivity index (χ4v) is 1.88. The van der Waals surface area contributed by atoms with Gasteiger partial charge in [-0.15, -0.1) is 0 Å². The fraction of sp³-hybridized carbons (Fsp3) is 1.00. The molecule has 0 amide bonds. The summed E-state index contributed by atoms with van der Waals surface area (Å²) in [6, 6.07) is 0. The molecule has 1 heterocycles. The average Bonchev–Trinajstić information content (AvgIpc) is 2.12. The zero-order valence-electron chi connectivity index (χ0n) is 5.10. The van der Waals surface area contributed by atoms with Crippen LogP contribution in [-0.4, -0.2) is 13.2 Å². The smallest absolute Gasteiger partial charge is 0.0494 e. The Morgan fingerprint density at radius 1 is 1.00 bits per heavy atom. The molecule has 2 aliphatic rings. The highest BCUT2D eigenvalue weighted by Gasteiger charge is 2.28. The van der Waals surface area contributed by atoms with E-state index >= 15 is 0 Å². The number of rotatable bonds is 0. The first-order chi connectivity index (χ1) is 3.95. The summed E-state index contributed by atoms with van der Waals surface area (Å²) in [5, 5.41) is 0. The average molecular weight is 112 g/mol. The summed E-state index contributed by atoms with van der Waals surface area (Å²) in [6.45, 7) is 2.10. The van der Waals surface area contributed by atoms with Crippen LogP contribution in [0.5, 0.6) is 0 Å². The fourth-order valence-electron chi connectivity index (χ4n) is 1.88. The monoisotopic (exact) mass is 112 g/mol. The van der Waals surface area contributed by atoms with Crippen molar-refractivity contribution in [3.05, 3.63) is 0 Å². The Hall–Kier alpha value is -0.0400. The Bertz CT molecular complexity index is 76.4. The lowest BCUT2D eigenvalue weighted by Crippen LogP contribution is -2.16. The van der Waals surface area contributed by atoms with Crippen LogP contribution in [0.2, 0.25) is 0 Å². The van der Waals surface area contributed by atoms with Crippen molar-refractivity contribution in [3.63, 3.8) is 0 Å². The van der Waals surface area contributed by atoms with Crippen molar-refractivity contribution in [3.8, 4) is 0 Å². The van der Waals surface area contributed by atoms with E-state index in [4.69, 9.17) is 4.74 Å². The first-order valence-corrected chi connectivity index (χ1v) is 3.53. The normalized spacial score (nSPS) is 45.0. The van der Waals surface area contributed by atoms with Crippen LogP contribution < -0.4 is 0 Å². The van der Waals surface area contributed by atoms with E-state index in [0.29, 0.717) is 0 Å². The van der Waals surface area contributed by atoms with Gasteiger partial charge in [-0.25, -0.2) is 0 Å². The van der Waals surface area contributed by atoms with Gasteiger partial charge in [-0.3, -0.25) is 0 Å². The van der Waals surface area contributed by atoms with E-state index in [-0.39, 0.29) is 0 Å². The third-order valence-corrected chi connectivity index (χ3v) is 2.36. The highest BCUT2D eigenvalue weighted by atomic mass is 16.5. The summed E-state index contributed by atoms with van der Waals surface area (Å²) in [5.74, 6) is 1.88. The second-order valence-corrected chi connectivity index (χ2v) is 3.08. The quantitative estimate of drug-likeness (QED) is 0.460. The molecule has 0 N–H and O–H groups in total. The SMILES string of the molecule is C1C[C@@H]2COCC1C2. The second-order valence-electron chi connectivity index (χ2n) is 3.08. The molecule has 2 atom stereocenters. The maximum atomic E-state index is 5.36. The molecule has 46 valence electrons. The minimum absolute atomic E-state index is 0.939. The molecule has 0 spiro atoms. The summed E-state index contributed by atoms with van der Waals surface area (Å²) >= 11 is 0. The number of ether oxygens (including phenoxy) is 1. The van der Waals surface area contributed by atoms with E-state index in [1.54, 1.807) is 0 Å². The molecule has 1 unspecified atom stereocenters. The molecular formula is C7H12O. The molecule has 1 saturated heterocycles. The van der Waals surface area contributed by atoms with E-state index in [1.165, 1.54) is 19.3 Å². The molecule has 1 aliphatic heterocycles. The molecular weight excluding hydrogens is 100 g/mol. The van der Waals surface area contributed by atoms with Crippen molar-refractivity contribution in [2.75, 3.05) is 13.2 Å². The van der Waals surface area contributed by atoms with E-state index in [2.05, 4.69) is 0 Å². The Morgan fingerprint density at radius 2 is 1.62 bits per heavy atom. The zero-order valence-corrected chi connectivity index (χ0v) is 5.10. The van der Waals surface area contributed by atoms with Gasteiger partial charge in [0.05, 0.1) is 0 Å². The lowest BCUT2D eigenvalue weighted by molar-refractivity contribution is 0.0477. The minimum atomic E-state index is 0.939. The number of fused-ring (bicyclic) bond motifs is 2. The van der Waals surface area contributed by atoms with Gasteiger partial charge >= 0.3 is 0 Å². The van der Waals surface area contributed by atoms with Crippen LogP contribution in [0.4, 0.5) is 0 Å². The van der Waals surface area contributed by atoms with Gasteiger partial charge in [0.1, 0.15) is 0 Å². The summed E-state index contributed by atoms with van der Waals surface area (Å²) in [5.41, 5.74) is 0. The Balaban J connectivity index is 2.03. The molecule has 1 saturated carbocycles. The maximum absolute atomic E-state index is 5.36. The van der Waals surface area contributed by atoms with E-state index in [0.717, 1.165) is 25.0 Å². The van der Waals surface area contributed by atoms with Gasteiger partial charge in [-0.05, 0) is 31.1 Å². The van der Waals surface area contributed by atoms with Crippen LogP contribution in [0.1, 0.15) is 19.3 Å². The van der Waals surface area contributed by atoms with Gasteiger partial charge in [0.25, 0.3) is 0 Å². The van der Waals surface area contributed by atoms with Crippen LogP contribution in [0.15, 0.2) is 0 Å². The second kappa shape index (κ2) is 1.73. The molecule has 2 fully saturated rings. The molecule has 0 radical (unpaired) electrons. The van der Waals surface area contributed by atoms with Crippen molar-refractivity contribution < 1.29 is 4.74 Å². The lowest BCUT2D eigenvalue weighted by Gasteiger charge is -2.17. The molecule has 8 heavy (non-hydrogen) atoms. The van der Waals surface area contributed by atoms with Gasteiger partial charge in [-0.2, -0.15) is 0 Å². The first-order valence-electron chi connectivity index (χ1n) is 3.53. The van der Waals surface area contributed by atoms with Crippen molar-refractivity contribution >= 4 is 0 Å². The highest BCUT2D eigenvalue weighted by Crippen LogP contribution is 2.34. The van der Waals surface area contributed by atoms with E-state index in [1.807, 2.05) is 0 Å². The lowest BCUT2D eigenvalue weighted by atomic mass is 10.0. The van der Waals surface area contributed by atoms with Crippen LogP contribution in [0, 0.1) is 11.8 Å². The Labute approximate surface area is 50.0 Å². The first kappa shape index (κ1) is 4.80. The summed E-state index contributed by atoms with van der Waals surface area (Å²) < 4.78 is 5.36. The molecule has 0 aromatic heterocycles. The minimum Gasteiger partial charge on any atom is -0.381 e. The van der Waals surface area contributed by atoms with Crippen LogP contribution >= 0.6 is 0 Å². The summed E-state index contributed by atoms with van der Waals surface area (Å²) in [7, 11) is 0. The van der Waals surface area contributed by atoms with Crippen molar-refractivity contribution in [2.24, 2.45) is 11.8 Å². The van der Waals surface area contributed by atoms with E-state index in [9.17, 15) is 0 Å². The molecule has 2 rings (SSSR count). The van der Waals surface area contributed by atoms with Gasteiger partial charge in [0, 0.05) is 13.2 Å². The van der Waals surface area contributed by atoms with Crippen LogP contribution in [0.25, 0.3) is 0 Å². The predicted octanol–water partition coefficient (Wildman–Crippen LogP) is 1.43. The van der Waals surface area contributed by atoms with Gasteiger partial charge in [-0.1, -0.05) is 0 Å². The predicted molar refractivity (Wildman–Crippen MR) is 31.6 cm³/mol. The van der Waals surface area contributed by atoms with Crippen molar-refractivity contribution in [2.45, 2.75) is 19.3 Å². The molecule has 1 heteroatoms. The van der Waals surface area contributed by atoms with Gasteiger partial charge in [0.15, 0.2) is 0 Å². The Kier molecular flexibility index (Phi) is 1.04. The number of hydrogen-bond donors (Lipinski definition) is 0. The van der Waals surface area contributed by atoms with Crippen LogP contribution in [-0.2, 0) is 4.74 Å². The zero-order chi connectivity index (χ0) is 5.40. The topological polar surface area (TPSA) is 9.23 Å². The standard InChI is InChI=1S/C7H12O/c1-2-7-3-6(1)4-8-5-7/h6-7H,1-5H2/t6-,7?/m0/s1. The Morgan fingerprint density at radius 3 is 2.12 bits per heavy atom. The van der Waals surface area contributed by atoms with Crippen molar-refractivity contribution in [1.29, 1.82) is 0 Å². The van der Waals surface area contributed by atoms with Gasteiger partial charge < -0.3 is 4.74 Å². The summed E-state index contributed by atoms with van der Waals surface area (Å²) in [6.07, 6.45) is 4.33. The molecule has 0 aromatic rings. The molecule has 2 bridgehead atoms. The third-order valence-electron chi connectivity index (χ3n) is 2.36. The van der Waals surface area contributed by atoms with Gasteiger partial charge in [0.2, 0.25) is 0 Å². The largest absolute Gasteiger partial charge is 0.381 e. The highest BCUT2D eigenvalue weighted by molar-refractivity contribution is 4.78. The number of hydrogen-bond acceptors (Lipinski definition) is 1. The molecule has 1 aliphatic carbocycles. The maximum Gasteiger partial charge on any atom is 0.0494 e.